The first kappa shape index (κ1) is 14.2. The van der Waals surface area contributed by atoms with E-state index in [1.165, 1.54) is 6.92 Å². The number of nitrogens with zero attached hydrogens (tertiary/aromatic N) is 1. The Morgan fingerprint density at radius 2 is 2.20 bits per heavy atom. The Morgan fingerprint density at radius 3 is 2.60 bits per heavy atom. The predicted octanol–water partition coefficient (Wildman–Crippen LogP) is -0.766. The molecule has 0 saturated heterocycles. The third-order valence-electron chi connectivity index (χ3n) is 2.19. The van der Waals surface area contributed by atoms with Gasteiger partial charge in [-0.3, -0.25) is 0 Å². The summed E-state index contributed by atoms with van der Waals surface area (Å²) in [7, 11) is 0. The van der Waals surface area contributed by atoms with Crippen LogP contribution in [0.2, 0.25) is 0 Å². The van der Waals surface area contributed by atoms with Gasteiger partial charge in [-0.2, -0.15) is 0 Å². The minimum absolute atomic E-state index is 0.0268. The summed E-state index contributed by atoms with van der Waals surface area (Å²) in [5.41, 5.74) is 4.23. The highest BCUT2D eigenvalue weighted by Gasteiger charge is 2.20. The van der Waals surface area contributed by atoms with Crippen molar-refractivity contribution in [2.24, 2.45) is 10.9 Å². The minimum Gasteiger partial charge on any atom is -0.409 e. The van der Waals surface area contributed by atoms with Crippen LogP contribution < -0.4 is 11.1 Å². The number of amidine groups is 1. The number of nitrogens with one attached hydrogen (secondary N) is 1. The highest BCUT2D eigenvalue weighted by atomic mass is 16.4. The number of oxime groups is 1. The Bertz CT molecular complexity index is 207. The van der Waals surface area contributed by atoms with Crippen LogP contribution in [0.1, 0.15) is 26.7 Å². The second-order valence-electron chi connectivity index (χ2n) is 3.94. The van der Waals surface area contributed by atoms with Crippen molar-refractivity contribution in [2.45, 2.75) is 38.3 Å². The van der Waals surface area contributed by atoms with Gasteiger partial charge in [0.15, 0.2) is 0 Å². The Labute approximate surface area is 89.8 Å². The van der Waals surface area contributed by atoms with Crippen molar-refractivity contribution in [1.29, 1.82) is 0 Å². The van der Waals surface area contributed by atoms with E-state index in [0.717, 1.165) is 6.42 Å². The van der Waals surface area contributed by atoms with Crippen LogP contribution in [-0.2, 0) is 0 Å². The molecule has 2 atom stereocenters. The Morgan fingerprint density at radius 1 is 1.60 bits per heavy atom. The molecule has 0 spiro atoms. The fraction of sp³-hybridized carbons (Fsp3) is 0.889. The van der Waals surface area contributed by atoms with Gasteiger partial charge in [-0.25, -0.2) is 0 Å². The second-order valence-corrected chi connectivity index (χ2v) is 3.94. The number of aliphatic hydroxyl groups excluding tert-OH is 1. The molecule has 0 fully saturated rings. The van der Waals surface area contributed by atoms with Crippen LogP contribution in [0.3, 0.4) is 0 Å². The van der Waals surface area contributed by atoms with Crippen molar-refractivity contribution in [3.63, 3.8) is 0 Å². The van der Waals surface area contributed by atoms with Crippen LogP contribution in [0, 0.1) is 0 Å². The molecular formula is C9H21N3O3. The maximum Gasteiger partial charge on any atom is 0.140 e. The van der Waals surface area contributed by atoms with Crippen molar-refractivity contribution in [3.05, 3.63) is 0 Å². The lowest BCUT2D eigenvalue weighted by atomic mass is 10.1. The van der Waals surface area contributed by atoms with E-state index in [0.29, 0.717) is 6.42 Å². The number of aliphatic hydroxyl groups is 2. The molecule has 0 radical (unpaired) electrons. The Kier molecular flexibility index (Phi) is 6.23. The minimum atomic E-state index is -1.14. The van der Waals surface area contributed by atoms with E-state index in [4.69, 9.17) is 16.0 Å². The SMILES string of the molecule is CCC(CC(N)=NO)NCC(C)(O)CO. The standard InChI is InChI=1S/C9H21N3O3/c1-3-7(4-8(10)12-15)11-5-9(2,14)6-13/h7,11,13-15H,3-6H2,1-2H3,(H2,10,12). The molecule has 0 heterocycles. The zero-order valence-corrected chi connectivity index (χ0v) is 9.27. The maximum absolute atomic E-state index is 9.54. The maximum atomic E-state index is 9.54. The molecule has 0 aliphatic carbocycles. The lowest BCUT2D eigenvalue weighted by Gasteiger charge is -2.24. The van der Waals surface area contributed by atoms with Gasteiger partial charge in [-0.15, -0.1) is 0 Å². The van der Waals surface area contributed by atoms with Gasteiger partial charge in [0, 0.05) is 19.0 Å². The van der Waals surface area contributed by atoms with Crippen molar-refractivity contribution >= 4 is 5.84 Å². The van der Waals surface area contributed by atoms with Crippen LogP contribution in [-0.4, -0.2) is 46.1 Å². The molecule has 6 heteroatoms. The fourth-order valence-electron chi connectivity index (χ4n) is 1.07. The van der Waals surface area contributed by atoms with Crippen LogP contribution in [0.4, 0.5) is 0 Å². The quantitative estimate of drug-likeness (QED) is 0.167. The topological polar surface area (TPSA) is 111 Å². The van der Waals surface area contributed by atoms with Crippen LogP contribution >= 0.6 is 0 Å². The molecule has 0 aliphatic rings. The van der Waals surface area contributed by atoms with Gasteiger partial charge >= 0.3 is 0 Å². The highest BCUT2D eigenvalue weighted by Crippen LogP contribution is 2.03. The van der Waals surface area contributed by atoms with Crippen molar-refractivity contribution < 1.29 is 15.4 Å². The van der Waals surface area contributed by atoms with Gasteiger partial charge in [0.05, 0.1) is 12.2 Å². The molecule has 0 aromatic rings. The summed E-state index contributed by atoms with van der Waals surface area (Å²) < 4.78 is 0. The predicted molar refractivity (Wildman–Crippen MR) is 57.8 cm³/mol. The molecule has 6 N–H and O–H groups in total. The Balaban J connectivity index is 4.01. The van der Waals surface area contributed by atoms with Gasteiger partial charge in [-0.1, -0.05) is 12.1 Å². The molecule has 0 rings (SSSR count). The summed E-state index contributed by atoms with van der Waals surface area (Å²) in [6.45, 7) is 3.45. The lowest BCUT2D eigenvalue weighted by molar-refractivity contribution is 0.000786. The second kappa shape index (κ2) is 6.60. The summed E-state index contributed by atoms with van der Waals surface area (Å²) in [6.07, 6.45) is 1.20. The van der Waals surface area contributed by atoms with Gasteiger partial charge in [0.1, 0.15) is 5.84 Å². The van der Waals surface area contributed by atoms with E-state index in [1.54, 1.807) is 0 Å². The molecule has 6 nitrogen and oxygen atoms in total. The molecule has 0 saturated carbocycles. The average molecular weight is 219 g/mol. The molecule has 90 valence electrons. The molecule has 0 aromatic carbocycles. The highest BCUT2D eigenvalue weighted by molar-refractivity contribution is 5.80. The Hall–Kier alpha value is -0.850. The number of nitrogens with two attached hydrogens (primary N) is 1. The molecule has 0 aromatic heterocycles. The van der Waals surface area contributed by atoms with Gasteiger partial charge < -0.3 is 26.5 Å². The average Bonchev–Trinajstić information content (AvgIpc) is 2.23. The zero-order valence-electron chi connectivity index (χ0n) is 9.27. The van der Waals surface area contributed by atoms with E-state index >= 15 is 0 Å². The summed E-state index contributed by atoms with van der Waals surface area (Å²) in [6, 6.07) is 0.0268. The fourth-order valence-corrected chi connectivity index (χ4v) is 1.07. The first-order valence-corrected chi connectivity index (χ1v) is 4.98. The van der Waals surface area contributed by atoms with Crippen LogP contribution in [0.25, 0.3) is 0 Å². The number of hydrogen-bond donors (Lipinski definition) is 5. The molecular weight excluding hydrogens is 198 g/mol. The van der Waals surface area contributed by atoms with Crippen LogP contribution in [0.15, 0.2) is 5.16 Å². The van der Waals surface area contributed by atoms with Gasteiger partial charge in [0.2, 0.25) is 0 Å². The van der Waals surface area contributed by atoms with Crippen LogP contribution in [0.5, 0.6) is 0 Å². The lowest BCUT2D eigenvalue weighted by Crippen LogP contribution is -2.45. The van der Waals surface area contributed by atoms with Gasteiger partial charge in [-0.05, 0) is 13.3 Å². The van der Waals surface area contributed by atoms with Gasteiger partial charge in [0.25, 0.3) is 0 Å². The number of hydrogen-bond acceptors (Lipinski definition) is 5. The molecule has 2 unspecified atom stereocenters. The molecule has 15 heavy (non-hydrogen) atoms. The molecule has 0 amide bonds. The smallest absolute Gasteiger partial charge is 0.140 e. The third kappa shape index (κ3) is 6.27. The van der Waals surface area contributed by atoms with Crippen molar-refractivity contribution in [1.82, 2.24) is 5.32 Å². The third-order valence-corrected chi connectivity index (χ3v) is 2.19. The number of rotatable bonds is 7. The largest absolute Gasteiger partial charge is 0.409 e. The van der Waals surface area contributed by atoms with E-state index in [-0.39, 0.29) is 25.0 Å². The first-order chi connectivity index (χ1) is 6.95. The van der Waals surface area contributed by atoms with E-state index in [2.05, 4.69) is 10.5 Å². The zero-order chi connectivity index (χ0) is 11.9. The summed E-state index contributed by atoms with van der Waals surface area (Å²) in [5, 5.41) is 32.7. The summed E-state index contributed by atoms with van der Waals surface area (Å²) >= 11 is 0. The normalized spacial score (nSPS) is 18.5. The van der Waals surface area contributed by atoms with E-state index < -0.39 is 5.60 Å². The van der Waals surface area contributed by atoms with E-state index in [9.17, 15) is 5.11 Å². The monoisotopic (exact) mass is 219 g/mol. The van der Waals surface area contributed by atoms with Crippen molar-refractivity contribution in [2.75, 3.05) is 13.2 Å². The summed E-state index contributed by atoms with van der Waals surface area (Å²) in [4.78, 5) is 0. The molecule has 0 bridgehead atoms. The summed E-state index contributed by atoms with van der Waals surface area (Å²) in [5.74, 6) is 0.151. The van der Waals surface area contributed by atoms with E-state index in [1.807, 2.05) is 6.92 Å². The first-order valence-electron chi connectivity index (χ1n) is 4.98. The molecule has 0 aliphatic heterocycles. The van der Waals surface area contributed by atoms with Crippen molar-refractivity contribution in [3.8, 4) is 0 Å².